The molecule has 3 aromatic carbocycles. The van der Waals surface area contributed by atoms with E-state index in [0.717, 1.165) is 12.5 Å². The Balaban J connectivity index is 1.66. The maximum atomic E-state index is 13.5. The van der Waals surface area contributed by atoms with Gasteiger partial charge in [0.15, 0.2) is 17.6 Å². The molecule has 4 rings (SSSR count). The van der Waals surface area contributed by atoms with E-state index in [-0.39, 0.29) is 29.6 Å². The zero-order valence-corrected chi connectivity index (χ0v) is 25.0. The van der Waals surface area contributed by atoms with E-state index in [2.05, 4.69) is 0 Å². The van der Waals surface area contributed by atoms with E-state index >= 15 is 0 Å². The van der Waals surface area contributed by atoms with Crippen LogP contribution >= 0.6 is 0 Å². The molecule has 1 heterocycles. The fourth-order valence-corrected chi connectivity index (χ4v) is 6.31. The van der Waals surface area contributed by atoms with E-state index in [9.17, 15) is 33.5 Å². The first-order chi connectivity index (χ1) is 20.9. The second-order valence-corrected chi connectivity index (χ2v) is 12.5. The Hall–Kier alpha value is -4.30. The van der Waals surface area contributed by atoms with Crippen LogP contribution in [0.2, 0.25) is 0 Å². The quantitative estimate of drug-likeness (QED) is 0.130. The molecule has 0 radical (unpaired) electrons. The van der Waals surface area contributed by atoms with Gasteiger partial charge in [0.05, 0.1) is 11.5 Å². The number of rotatable bonds is 12. The number of carbonyl (C=O) groups excluding carboxylic acids is 1. The van der Waals surface area contributed by atoms with Crippen LogP contribution in [0.4, 0.5) is 0 Å². The Morgan fingerprint density at radius 1 is 1.02 bits per heavy atom. The largest absolute Gasteiger partial charge is 0.485 e. The third-order valence-electron chi connectivity index (χ3n) is 7.14. The van der Waals surface area contributed by atoms with E-state index < -0.39 is 50.2 Å². The van der Waals surface area contributed by atoms with Gasteiger partial charge < -0.3 is 29.2 Å². The van der Waals surface area contributed by atoms with E-state index in [0.29, 0.717) is 11.1 Å². The zero-order valence-electron chi connectivity index (χ0n) is 24.2. The van der Waals surface area contributed by atoms with Crippen LogP contribution in [0.5, 0.6) is 11.5 Å². The number of esters is 1. The molecule has 0 spiro atoms. The fourth-order valence-electron chi connectivity index (χ4n) is 4.62. The normalized spacial score (nSPS) is 21.7. The number of benzene rings is 3. The van der Waals surface area contributed by atoms with Gasteiger partial charge in [0.2, 0.25) is 6.29 Å². The predicted molar refractivity (Wildman–Crippen MR) is 158 cm³/mol. The molecule has 5 atom stereocenters. The molecule has 0 amide bonds. The number of ether oxygens (including phenoxy) is 4. The minimum atomic E-state index is -4.73. The molecule has 0 aliphatic carbocycles. The highest BCUT2D eigenvalue weighted by Gasteiger charge is 2.66. The topological polar surface area (TPSA) is 172 Å². The monoisotopic (exact) mass is 627 g/mol. The van der Waals surface area contributed by atoms with Gasteiger partial charge in [-0.1, -0.05) is 54.6 Å². The van der Waals surface area contributed by atoms with E-state index in [1.807, 2.05) is 30.3 Å². The highest BCUT2D eigenvalue weighted by Crippen LogP contribution is 2.40. The van der Waals surface area contributed by atoms with Gasteiger partial charge in [0, 0.05) is 17.4 Å². The van der Waals surface area contributed by atoms with Crippen molar-refractivity contribution in [2.75, 3.05) is 6.61 Å². The minimum Gasteiger partial charge on any atom is -0.485 e. The smallest absolute Gasteiger partial charge is 0.348 e. The van der Waals surface area contributed by atoms with Gasteiger partial charge in [-0.25, -0.2) is 13.2 Å². The molecule has 1 saturated heterocycles. The van der Waals surface area contributed by atoms with Gasteiger partial charge in [-0.2, -0.15) is 0 Å². The Morgan fingerprint density at radius 3 is 2.27 bits per heavy atom. The highest BCUT2D eigenvalue weighted by atomic mass is 32.2. The number of nitro groups is 1. The Kier molecular flexibility index (Phi) is 10.0. The second kappa shape index (κ2) is 13.6. The van der Waals surface area contributed by atoms with Gasteiger partial charge in [-0.05, 0) is 55.3 Å². The van der Waals surface area contributed by atoms with Crippen LogP contribution in [0.1, 0.15) is 31.9 Å². The fraction of sp³-hybridized carbons (Fsp3) is 0.323. The molecule has 1 fully saturated rings. The summed E-state index contributed by atoms with van der Waals surface area (Å²) in [6, 6.07) is 20.6. The lowest BCUT2D eigenvalue weighted by molar-refractivity contribution is -0.551. The first-order valence-corrected chi connectivity index (χ1v) is 15.2. The summed E-state index contributed by atoms with van der Waals surface area (Å²) in [5.74, 6) is -0.319. The van der Waals surface area contributed by atoms with Crippen molar-refractivity contribution in [3.05, 3.63) is 106 Å². The average Bonchev–Trinajstić information content (AvgIpc) is 3.30. The summed E-state index contributed by atoms with van der Waals surface area (Å²) in [7, 11) is -4.73. The Labute approximate surface area is 254 Å². The van der Waals surface area contributed by atoms with Crippen LogP contribution in [0.3, 0.4) is 0 Å². The molecule has 0 saturated carbocycles. The van der Waals surface area contributed by atoms with E-state index in [4.69, 9.17) is 18.9 Å². The van der Waals surface area contributed by atoms with Crippen LogP contribution in [-0.4, -0.2) is 65.6 Å². The van der Waals surface area contributed by atoms with Gasteiger partial charge in [-0.15, -0.1) is 0 Å². The third-order valence-corrected chi connectivity index (χ3v) is 9.50. The van der Waals surface area contributed by atoms with Gasteiger partial charge in [-0.3, -0.25) is 10.1 Å². The van der Waals surface area contributed by atoms with Crippen LogP contribution in [0.25, 0.3) is 6.08 Å². The molecule has 234 valence electrons. The van der Waals surface area contributed by atoms with Crippen LogP contribution in [0.15, 0.2) is 89.3 Å². The molecule has 1 aliphatic heterocycles. The first kappa shape index (κ1) is 32.6. The second-order valence-electron chi connectivity index (χ2n) is 10.2. The summed E-state index contributed by atoms with van der Waals surface area (Å²) < 4.78 is 49.5. The van der Waals surface area contributed by atoms with Gasteiger partial charge in [0.25, 0.3) is 9.84 Å². The molecule has 44 heavy (non-hydrogen) atoms. The van der Waals surface area contributed by atoms with Crippen molar-refractivity contribution in [2.24, 2.45) is 0 Å². The average molecular weight is 628 g/mol. The minimum absolute atomic E-state index is 0.0255. The zero-order chi connectivity index (χ0) is 32.1. The number of sulfone groups is 1. The van der Waals surface area contributed by atoms with Crippen molar-refractivity contribution in [1.82, 2.24) is 0 Å². The lowest BCUT2D eigenvalue weighted by Gasteiger charge is -2.28. The maximum Gasteiger partial charge on any atom is 0.348 e. The van der Waals surface area contributed by atoms with Gasteiger partial charge in [0.1, 0.15) is 18.8 Å². The van der Waals surface area contributed by atoms with E-state index in [1.165, 1.54) is 30.3 Å². The van der Waals surface area contributed by atoms with Crippen LogP contribution in [-0.2, 0) is 30.7 Å². The molecule has 12 nitrogen and oxygen atoms in total. The van der Waals surface area contributed by atoms with Crippen molar-refractivity contribution in [3.8, 4) is 11.5 Å². The summed E-state index contributed by atoms with van der Waals surface area (Å²) in [6.07, 6.45) is -6.00. The van der Waals surface area contributed by atoms with Crippen LogP contribution < -0.4 is 9.47 Å². The lowest BCUT2D eigenvalue weighted by Crippen LogP contribution is -2.57. The summed E-state index contributed by atoms with van der Waals surface area (Å²) in [5.41, 5.74) is 1.70. The highest BCUT2D eigenvalue weighted by molar-refractivity contribution is 7.92. The summed E-state index contributed by atoms with van der Waals surface area (Å²) in [6.45, 7) is 4.42. The molecule has 3 aromatic rings. The van der Waals surface area contributed by atoms with Crippen molar-refractivity contribution in [3.63, 3.8) is 0 Å². The van der Waals surface area contributed by atoms with Crippen LogP contribution in [0, 0.1) is 10.1 Å². The molecule has 0 aromatic heterocycles. The lowest BCUT2D eigenvalue weighted by atomic mass is 10.1. The molecule has 1 unspecified atom stereocenters. The third kappa shape index (κ3) is 6.60. The number of hydrogen-bond acceptors (Lipinski definition) is 11. The van der Waals surface area contributed by atoms with Crippen molar-refractivity contribution >= 4 is 21.9 Å². The SMILES string of the molecule is CCOC(=O)/C(C)=C\c1ccc(O[C@@H]2O[C@H](C(C)([N+](=O)[O-])S(=O)(=O)c3ccccc3)[C@@H](O)[C@H]2O)c(OCc2ccccc2)c1. The summed E-state index contributed by atoms with van der Waals surface area (Å²) >= 11 is 0. The number of aliphatic hydroxyl groups excluding tert-OH is 2. The number of nitrogens with zero attached hydrogens (tertiary/aromatic N) is 1. The number of carbonyl (C=O) groups is 1. The molecular formula is C31H33NO11S. The van der Waals surface area contributed by atoms with Crippen molar-refractivity contribution in [1.29, 1.82) is 0 Å². The Morgan fingerprint density at radius 2 is 1.66 bits per heavy atom. The summed E-state index contributed by atoms with van der Waals surface area (Å²) in [5, 5.41) is 34.0. The molecule has 2 N–H and O–H groups in total. The molecule has 13 heteroatoms. The summed E-state index contributed by atoms with van der Waals surface area (Å²) in [4.78, 5) is 20.1. The first-order valence-electron chi connectivity index (χ1n) is 13.7. The maximum absolute atomic E-state index is 13.5. The number of hydrogen-bond donors (Lipinski definition) is 2. The van der Waals surface area contributed by atoms with Crippen molar-refractivity contribution < 1.29 is 47.3 Å². The van der Waals surface area contributed by atoms with Crippen molar-refractivity contribution in [2.45, 2.75) is 61.7 Å². The molecule has 0 bridgehead atoms. The Bertz CT molecular complexity index is 1610. The van der Waals surface area contributed by atoms with Gasteiger partial charge >= 0.3 is 10.8 Å². The number of aliphatic hydroxyl groups is 2. The standard InChI is InChI=1S/C31H33NO11S/c1-4-40-29(35)20(2)17-22-15-16-24(25(18-22)41-19-21-11-7-5-8-12-21)42-30-27(34)26(33)28(43-30)31(3,32(36)37)44(38,39)23-13-9-6-10-14-23/h5-18,26-28,30,33-34H,4,19H2,1-3H3/b20-17-/t26-,27+,28-,30+,31?/m0/s1. The van der Waals surface area contributed by atoms with E-state index in [1.54, 1.807) is 38.1 Å². The molecular weight excluding hydrogens is 594 g/mol. The molecule has 1 aliphatic rings. The predicted octanol–water partition coefficient (Wildman–Crippen LogP) is 3.52.